The van der Waals surface area contributed by atoms with Gasteiger partial charge in [0.05, 0.1) is 0 Å². The predicted octanol–water partition coefficient (Wildman–Crippen LogP) is 3.23. The number of hydrogen-bond acceptors (Lipinski definition) is 2. The number of fused-ring (bicyclic) bond motifs is 1. The zero-order valence-electron chi connectivity index (χ0n) is 11.0. The van der Waals surface area contributed by atoms with Crippen LogP contribution in [0.2, 0.25) is 0 Å². The number of pyridine rings is 1. The summed E-state index contributed by atoms with van der Waals surface area (Å²) in [6.07, 6.45) is 9.40. The second-order valence-electron chi connectivity index (χ2n) is 5.52. The Kier molecular flexibility index (Phi) is 3.08. The molecule has 0 aliphatic heterocycles. The van der Waals surface area contributed by atoms with Crippen molar-refractivity contribution in [3.05, 3.63) is 30.1 Å². The molecule has 0 radical (unpaired) electrons. The minimum absolute atomic E-state index is 0.588. The van der Waals surface area contributed by atoms with Crippen molar-refractivity contribution in [2.45, 2.75) is 39.2 Å². The fourth-order valence-electron chi connectivity index (χ4n) is 2.95. The maximum atomic E-state index is 4.32. The molecule has 96 valence electrons. The van der Waals surface area contributed by atoms with Gasteiger partial charge in [0.1, 0.15) is 5.65 Å². The lowest BCUT2D eigenvalue weighted by Gasteiger charge is -2.41. The van der Waals surface area contributed by atoms with Crippen LogP contribution in [0, 0.1) is 5.41 Å². The molecule has 18 heavy (non-hydrogen) atoms. The molecule has 2 heterocycles. The summed E-state index contributed by atoms with van der Waals surface area (Å²) in [7, 11) is 0. The molecule has 1 fully saturated rings. The molecule has 0 aromatic carbocycles. The van der Waals surface area contributed by atoms with Crippen molar-refractivity contribution in [1.82, 2.24) is 15.3 Å². The minimum atomic E-state index is 0.588. The summed E-state index contributed by atoms with van der Waals surface area (Å²) in [5.41, 5.74) is 2.90. The van der Waals surface area contributed by atoms with E-state index in [4.69, 9.17) is 0 Å². The van der Waals surface area contributed by atoms with Crippen LogP contribution in [0.1, 0.15) is 38.2 Å². The molecule has 3 heteroatoms. The Morgan fingerprint density at radius 3 is 3.06 bits per heavy atom. The number of nitrogens with zero attached hydrogens (tertiary/aromatic N) is 1. The highest BCUT2D eigenvalue weighted by atomic mass is 14.9. The zero-order valence-corrected chi connectivity index (χ0v) is 11.0. The van der Waals surface area contributed by atoms with Crippen LogP contribution in [0.4, 0.5) is 0 Å². The number of nitrogens with one attached hydrogen (secondary N) is 2. The van der Waals surface area contributed by atoms with E-state index in [1.54, 1.807) is 0 Å². The first-order valence-corrected chi connectivity index (χ1v) is 6.95. The third-order valence-corrected chi connectivity index (χ3v) is 4.52. The van der Waals surface area contributed by atoms with Crippen molar-refractivity contribution in [2.24, 2.45) is 5.41 Å². The van der Waals surface area contributed by atoms with E-state index in [1.807, 2.05) is 12.3 Å². The number of H-pyrrole nitrogens is 1. The Bertz CT molecular complexity index is 520. The van der Waals surface area contributed by atoms with E-state index in [9.17, 15) is 0 Å². The Morgan fingerprint density at radius 1 is 1.44 bits per heavy atom. The molecule has 0 unspecified atom stereocenters. The molecule has 0 saturated heterocycles. The van der Waals surface area contributed by atoms with E-state index in [-0.39, 0.29) is 0 Å². The molecule has 0 bridgehead atoms. The van der Waals surface area contributed by atoms with E-state index < -0.39 is 0 Å². The number of rotatable bonds is 5. The van der Waals surface area contributed by atoms with Crippen LogP contribution in [0.15, 0.2) is 24.5 Å². The van der Waals surface area contributed by atoms with Gasteiger partial charge in [0, 0.05) is 30.9 Å². The third kappa shape index (κ3) is 2.03. The van der Waals surface area contributed by atoms with E-state index in [1.165, 1.54) is 36.6 Å². The van der Waals surface area contributed by atoms with Crippen LogP contribution in [0.25, 0.3) is 11.0 Å². The Balaban J connectivity index is 1.63. The summed E-state index contributed by atoms with van der Waals surface area (Å²) < 4.78 is 0. The van der Waals surface area contributed by atoms with Gasteiger partial charge in [-0.3, -0.25) is 0 Å². The number of hydrogen-bond donors (Lipinski definition) is 2. The second-order valence-corrected chi connectivity index (χ2v) is 5.52. The van der Waals surface area contributed by atoms with Gasteiger partial charge in [-0.25, -0.2) is 4.98 Å². The topological polar surface area (TPSA) is 40.7 Å². The van der Waals surface area contributed by atoms with Gasteiger partial charge in [-0.2, -0.15) is 0 Å². The van der Waals surface area contributed by atoms with E-state index in [0.717, 1.165) is 18.7 Å². The van der Waals surface area contributed by atoms with E-state index in [0.29, 0.717) is 5.41 Å². The highest BCUT2D eigenvalue weighted by Gasteiger charge is 2.34. The van der Waals surface area contributed by atoms with Gasteiger partial charge < -0.3 is 10.3 Å². The van der Waals surface area contributed by atoms with Crippen molar-refractivity contribution in [1.29, 1.82) is 0 Å². The van der Waals surface area contributed by atoms with E-state index in [2.05, 4.69) is 34.5 Å². The van der Waals surface area contributed by atoms with Gasteiger partial charge in [0.25, 0.3) is 0 Å². The SMILES string of the molecule is CCC1(CNCc2c[nH]c3ncccc23)CCC1. The minimum Gasteiger partial charge on any atom is -0.346 e. The Labute approximate surface area is 108 Å². The van der Waals surface area contributed by atoms with Crippen LogP contribution < -0.4 is 5.32 Å². The average Bonchev–Trinajstić information content (AvgIpc) is 2.76. The molecule has 3 nitrogen and oxygen atoms in total. The third-order valence-electron chi connectivity index (χ3n) is 4.52. The largest absolute Gasteiger partial charge is 0.346 e. The molecule has 0 spiro atoms. The van der Waals surface area contributed by atoms with Gasteiger partial charge in [0.15, 0.2) is 0 Å². The van der Waals surface area contributed by atoms with Crippen LogP contribution in [-0.4, -0.2) is 16.5 Å². The molecular weight excluding hydrogens is 222 g/mol. The first-order valence-electron chi connectivity index (χ1n) is 6.95. The summed E-state index contributed by atoms with van der Waals surface area (Å²) in [5.74, 6) is 0. The van der Waals surface area contributed by atoms with Crippen molar-refractivity contribution in [2.75, 3.05) is 6.54 Å². The maximum Gasteiger partial charge on any atom is 0.137 e. The lowest BCUT2D eigenvalue weighted by atomic mass is 9.67. The number of aromatic nitrogens is 2. The summed E-state index contributed by atoms with van der Waals surface area (Å²) in [6, 6.07) is 4.13. The molecule has 0 atom stereocenters. The quantitative estimate of drug-likeness (QED) is 0.846. The molecule has 1 aliphatic rings. The summed E-state index contributed by atoms with van der Waals surface area (Å²) in [6.45, 7) is 4.40. The predicted molar refractivity (Wildman–Crippen MR) is 74.4 cm³/mol. The van der Waals surface area contributed by atoms with Crippen LogP contribution >= 0.6 is 0 Å². The van der Waals surface area contributed by atoms with Crippen molar-refractivity contribution in [3.63, 3.8) is 0 Å². The summed E-state index contributed by atoms with van der Waals surface area (Å²) >= 11 is 0. The Hall–Kier alpha value is -1.35. The zero-order chi connectivity index (χ0) is 12.4. The molecule has 2 aromatic heterocycles. The summed E-state index contributed by atoms with van der Waals surface area (Å²) in [5, 5.41) is 4.87. The lowest BCUT2D eigenvalue weighted by Crippen LogP contribution is -2.39. The van der Waals surface area contributed by atoms with Gasteiger partial charge in [-0.1, -0.05) is 13.3 Å². The Morgan fingerprint density at radius 2 is 2.33 bits per heavy atom. The van der Waals surface area contributed by atoms with Crippen molar-refractivity contribution in [3.8, 4) is 0 Å². The average molecular weight is 243 g/mol. The van der Waals surface area contributed by atoms with Crippen LogP contribution in [0.3, 0.4) is 0 Å². The first-order chi connectivity index (χ1) is 8.83. The molecule has 2 N–H and O–H groups in total. The highest BCUT2D eigenvalue weighted by Crippen LogP contribution is 2.43. The van der Waals surface area contributed by atoms with Crippen LogP contribution in [-0.2, 0) is 6.54 Å². The monoisotopic (exact) mass is 243 g/mol. The lowest BCUT2D eigenvalue weighted by molar-refractivity contribution is 0.124. The molecular formula is C15H21N3. The molecule has 2 aromatic rings. The van der Waals surface area contributed by atoms with Gasteiger partial charge in [-0.05, 0) is 42.4 Å². The molecule has 1 aliphatic carbocycles. The first kappa shape index (κ1) is 11.7. The smallest absolute Gasteiger partial charge is 0.137 e. The van der Waals surface area contributed by atoms with Gasteiger partial charge >= 0.3 is 0 Å². The number of aromatic amines is 1. The highest BCUT2D eigenvalue weighted by molar-refractivity contribution is 5.79. The summed E-state index contributed by atoms with van der Waals surface area (Å²) in [4.78, 5) is 7.55. The van der Waals surface area contributed by atoms with Crippen molar-refractivity contribution < 1.29 is 0 Å². The second kappa shape index (κ2) is 4.73. The van der Waals surface area contributed by atoms with E-state index >= 15 is 0 Å². The van der Waals surface area contributed by atoms with Gasteiger partial charge in [0.2, 0.25) is 0 Å². The fourth-order valence-corrected chi connectivity index (χ4v) is 2.95. The molecule has 3 rings (SSSR count). The molecule has 0 amide bonds. The van der Waals surface area contributed by atoms with Gasteiger partial charge in [-0.15, -0.1) is 0 Å². The standard InChI is InChI=1S/C15H21N3/c1-2-15(6-4-7-15)11-16-9-12-10-18-14-13(12)5-3-8-17-14/h3,5,8,10,16H,2,4,6-7,9,11H2,1H3,(H,17,18). The van der Waals surface area contributed by atoms with Crippen LogP contribution in [0.5, 0.6) is 0 Å². The fraction of sp³-hybridized carbons (Fsp3) is 0.533. The molecule has 1 saturated carbocycles. The van der Waals surface area contributed by atoms with Crippen molar-refractivity contribution >= 4 is 11.0 Å². The maximum absolute atomic E-state index is 4.32. The normalized spacial score (nSPS) is 17.8.